The Balaban J connectivity index is 2.15. The van der Waals surface area contributed by atoms with E-state index in [-0.39, 0.29) is 0 Å². The molecule has 0 fully saturated rings. The molecule has 0 aliphatic heterocycles. The van der Waals surface area contributed by atoms with E-state index in [9.17, 15) is 0 Å². The van der Waals surface area contributed by atoms with Gasteiger partial charge in [0.25, 0.3) is 0 Å². The first-order valence-electron chi connectivity index (χ1n) is 3.58. The van der Waals surface area contributed by atoms with Crippen LogP contribution >= 0.6 is 23.1 Å². The first-order chi connectivity index (χ1) is 4.93. The zero-order valence-corrected chi connectivity index (χ0v) is 7.80. The summed E-state index contributed by atoms with van der Waals surface area (Å²) in [4.78, 5) is 1.43. The molecule has 0 N–H and O–H groups in total. The molecule has 0 unspecified atom stereocenters. The second-order valence-electron chi connectivity index (χ2n) is 2.16. The third kappa shape index (κ3) is 2.76. The van der Waals surface area contributed by atoms with E-state index in [2.05, 4.69) is 23.8 Å². The molecule has 0 saturated heterocycles. The number of hydrogen-bond acceptors (Lipinski definition) is 2. The van der Waals surface area contributed by atoms with Crippen molar-refractivity contribution >= 4 is 23.1 Å². The highest BCUT2D eigenvalue weighted by atomic mass is 32.2. The largest absolute Gasteiger partial charge is 0.151 e. The van der Waals surface area contributed by atoms with Gasteiger partial charge in [-0.15, -0.1) is 11.8 Å². The van der Waals surface area contributed by atoms with Crippen molar-refractivity contribution in [3.63, 3.8) is 0 Å². The SMILES string of the molecule is CCCCSc1ccsc1. The number of hydrogen-bond donors (Lipinski definition) is 0. The molecule has 0 bridgehead atoms. The van der Waals surface area contributed by atoms with E-state index >= 15 is 0 Å². The van der Waals surface area contributed by atoms with Crippen LogP contribution in [0.2, 0.25) is 0 Å². The maximum absolute atomic E-state index is 2.23. The van der Waals surface area contributed by atoms with Crippen LogP contribution < -0.4 is 0 Å². The number of rotatable bonds is 4. The van der Waals surface area contributed by atoms with Gasteiger partial charge in [-0.2, -0.15) is 11.3 Å². The molecule has 0 radical (unpaired) electrons. The van der Waals surface area contributed by atoms with Gasteiger partial charge >= 0.3 is 0 Å². The Morgan fingerprint density at radius 3 is 3.10 bits per heavy atom. The molecule has 0 amide bonds. The van der Waals surface area contributed by atoms with Crippen LogP contribution in [-0.4, -0.2) is 5.75 Å². The molecule has 1 aromatic rings. The summed E-state index contributed by atoms with van der Waals surface area (Å²) < 4.78 is 0. The summed E-state index contributed by atoms with van der Waals surface area (Å²) >= 11 is 3.74. The fourth-order valence-corrected chi connectivity index (χ4v) is 2.54. The molecule has 0 aliphatic carbocycles. The molecule has 1 rings (SSSR count). The Hall–Kier alpha value is 0.0500. The summed E-state index contributed by atoms with van der Waals surface area (Å²) in [5.41, 5.74) is 0. The topological polar surface area (TPSA) is 0 Å². The van der Waals surface area contributed by atoms with E-state index in [0.29, 0.717) is 0 Å². The van der Waals surface area contributed by atoms with Crippen LogP contribution in [0.5, 0.6) is 0 Å². The monoisotopic (exact) mass is 172 g/mol. The van der Waals surface area contributed by atoms with E-state index in [4.69, 9.17) is 0 Å². The zero-order valence-electron chi connectivity index (χ0n) is 6.17. The molecule has 1 aromatic heterocycles. The van der Waals surface area contributed by atoms with Crippen molar-refractivity contribution in [1.82, 2.24) is 0 Å². The fraction of sp³-hybridized carbons (Fsp3) is 0.500. The minimum Gasteiger partial charge on any atom is -0.151 e. The van der Waals surface area contributed by atoms with Gasteiger partial charge in [-0.3, -0.25) is 0 Å². The van der Waals surface area contributed by atoms with Gasteiger partial charge in [-0.25, -0.2) is 0 Å². The predicted octanol–water partition coefficient (Wildman–Crippen LogP) is 3.64. The summed E-state index contributed by atoms with van der Waals surface area (Å²) in [5.74, 6) is 1.27. The molecule has 0 aliphatic rings. The van der Waals surface area contributed by atoms with Crippen LogP contribution in [0.25, 0.3) is 0 Å². The van der Waals surface area contributed by atoms with Crippen LogP contribution in [0.3, 0.4) is 0 Å². The van der Waals surface area contributed by atoms with Gasteiger partial charge in [0.15, 0.2) is 0 Å². The van der Waals surface area contributed by atoms with Crippen molar-refractivity contribution in [1.29, 1.82) is 0 Å². The third-order valence-corrected chi connectivity index (χ3v) is 3.17. The minimum absolute atomic E-state index is 1.27. The molecular weight excluding hydrogens is 160 g/mol. The highest BCUT2D eigenvalue weighted by Crippen LogP contribution is 2.21. The quantitative estimate of drug-likeness (QED) is 0.493. The van der Waals surface area contributed by atoms with E-state index in [1.54, 1.807) is 11.3 Å². The maximum atomic E-state index is 2.23. The van der Waals surface area contributed by atoms with Gasteiger partial charge in [-0.05, 0) is 23.6 Å². The zero-order chi connectivity index (χ0) is 7.23. The van der Waals surface area contributed by atoms with Gasteiger partial charge < -0.3 is 0 Å². The number of thiophene rings is 1. The van der Waals surface area contributed by atoms with E-state index in [0.717, 1.165) is 0 Å². The normalized spacial score (nSPS) is 10.1. The second kappa shape index (κ2) is 4.80. The van der Waals surface area contributed by atoms with Crippen molar-refractivity contribution < 1.29 is 0 Å². The Bertz CT molecular complexity index is 156. The van der Waals surface area contributed by atoms with Crippen molar-refractivity contribution in [2.45, 2.75) is 24.7 Å². The lowest BCUT2D eigenvalue weighted by Gasteiger charge is -1.93. The third-order valence-electron chi connectivity index (χ3n) is 1.26. The number of thioether (sulfide) groups is 1. The summed E-state index contributed by atoms with van der Waals surface area (Å²) in [7, 11) is 0. The van der Waals surface area contributed by atoms with Crippen LogP contribution in [0.15, 0.2) is 21.7 Å². The first kappa shape index (κ1) is 8.15. The summed E-state index contributed by atoms with van der Waals surface area (Å²) in [5, 5.41) is 4.34. The van der Waals surface area contributed by atoms with Crippen molar-refractivity contribution in [3.05, 3.63) is 16.8 Å². The van der Waals surface area contributed by atoms with Gasteiger partial charge in [0, 0.05) is 10.3 Å². The molecule has 0 saturated carbocycles. The molecule has 10 heavy (non-hydrogen) atoms. The van der Waals surface area contributed by atoms with Crippen LogP contribution in [-0.2, 0) is 0 Å². The van der Waals surface area contributed by atoms with Crippen molar-refractivity contribution in [2.24, 2.45) is 0 Å². The van der Waals surface area contributed by atoms with E-state index in [1.807, 2.05) is 11.8 Å². The molecule has 2 heteroatoms. The molecule has 56 valence electrons. The Morgan fingerprint density at radius 2 is 2.50 bits per heavy atom. The molecule has 0 aromatic carbocycles. The summed E-state index contributed by atoms with van der Waals surface area (Å²) in [6.45, 7) is 2.23. The fourth-order valence-electron chi connectivity index (χ4n) is 0.668. The Kier molecular flexibility index (Phi) is 3.91. The highest BCUT2D eigenvalue weighted by Gasteiger charge is 1.91. The minimum atomic E-state index is 1.27. The average molecular weight is 172 g/mol. The molecule has 1 heterocycles. The van der Waals surface area contributed by atoms with Gasteiger partial charge in [0.1, 0.15) is 0 Å². The van der Waals surface area contributed by atoms with Crippen LogP contribution in [0.1, 0.15) is 19.8 Å². The van der Waals surface area contributed by atoms with E-state index < -0.39 is 0 Å². The lowest BCUT2D eigenvalue weighted by molar-refractivity contribution is 0.896. The molecule has 0 spiro atoms. The van der Waals surface area contributed by atoms with Crippen molar-refractivity contribution in [2.75, 3.05) is 5.75 Å². The Labute approximate surface area is 70.7 Å². The molecular formula is C8H12S2. The first-order valence-corrected chi connectivity index (χ1v) is 5.51. The van der Waals surface area contributed by atoms with Crippen LogP contribution in [0, 0.1) is 0 Å². The molecule has 0 atom stereocenters. The summed E-state index contributed by atoms with van der Waals surface area (Å²) in [6, 6.07) is 2.19. The average Bonchev–Trinajstić information content (AvgIpc) is 2.41. The van der Waals surface area contributed by atoms with E-state index in [1.165, 1.54) is 23.5 Å². The lowest BCUT2D eigenvalue weighted by atomic mass is 10.4. The second-order valence-corrected chi connectivity index (χ2v) is 4.11. The standard InChI is InChI=1S/C8H12S2/c1-2-3-5-10-8-4-6-9-7-8/h4,6-7H,2-3,5H2,1H3. The van der Waals surface area contributed by atoms with Gasteiger partial charge in [0.05, 0.1) is 0 Å². The Morgan fingerprint density at radius 1 is 1.60 bits per heavy atom. The summed E-state index contributed by atoms with van der Waals surface area (Å²) in [6.07, 6.45) is 2.64. The smallest absolute Gasteiger partial charge is 0.0179 e. The van der Waals surface area contributed by atoms with Gasteiger partial charge in [-0.1, -0.05) is 13.3 Å². The van der Waals surface area contributed by atoms with Gasteiger partial charge in [0.2, 0.25) is 0 Å². The van der Waals surface area contributed by atoms with Crippen LogP contribution in [0.4, 0.5) is 0 Å². The molecule has 0 nitrogen and oxygen atoms in total. The van der Waals surface area contributed by atoms with Crippen molar-refractivity contribution in [3.8, 4) is 0 Å². The lowest BCUT2D eigenvalue weighted by Crippen LogP contribution is -1.74. The predicted molar refractivity (Wildman–Crippen MR) is 50.0 cm³/mol. The highest BCUT2D eigenvalue weighted by molar-refractivity contribution is 7.99. The maximum Gasteiger partial charge on any atom is 0.0179 e. The number of unbranched alkanes of at least 4 members (excludes halogenated alkanes) is 1.